The molecule has 3 rings (SSSR count). The van der Waals surface area contributed by atoms with Crippen molar-refractivity contribution in [3.05, 3.63) is 54.0 Å². The second-order valence-corrected chi connectivity index (χ2v) is 5.54. The molecule has 0 fully saturated rings. The van der Waals surface area contributed by atoms with Crippen molar-refractivity contribution in [1.82, 2.24) is 14.7 Å². The number of benzene rings is 1. The summed E-state index contributed by atoms with van der Waals surface area (Å²) in [7, 11) is 1.79. The molecule has 0 saturated heterocycles. The molecule has 2 aromatic rings. The van der Waals surface area contributed by atoms with Gasteiger partial charge in [0, 0.05) is 26.4 Å². The number of rotatable bonds is 3. The van der Waals surface area contributed by atoms with Crippen molar-refractivity contribution in [3.8, 4) is 0 Å². The molecule has 0 saturated carbocycles. The highest BCUT2D eigenvalue weighted by Crippen LogP contribution is 2.33. The lowest BCUT2D eigenvalue weighted by Crippen LogP contribution is -2.33. The van der Waals surface area contributed by atoms with E-state index >= 15 is 0 Å². The Bertz CT molecular complexity index is 778. The van der Waals surface area contributed by atoms with E-state index in [1.54, 1.807) is 35.2 Å². The van der Waals surface area contributed by atoms with E-state index < -0.39 is 0 Å². The highest BCUT2D eigenvalue weighted by molar-refractivity contribution is 5.91. The maximum atomic E-state index is 12.4. The lowest BCUT2D eigenvalue weighted by atomic mass is 9.93. The summed E-state index contributed by atoms with van der Waals surface area (Å²) in [6.45, 7) is 1.50. The third-order valence-electron chi connectivity index (χ3n) is 3.84. The van der Waals surface area contributed by atoms with Gasteiger partial charge in [-0.3, -0.25) is 14.3 Å². The normalized spacial score (nSPS) is 16.1. The van der Waals surface area contributed by atoms with Crippen molar-refractivity contribution >= 4 is 23.6 Å². The van der Waals surface area contributed by atoms with Gasteiger partial charge in [-0.1, -0.05) is 24.3 Å². The maximum Gasteiger partial charge on any atom is 0.226 e. The van der Waals surface area contributed by atoms with E-state index in [-0.39, 0.29) is 24.3 Å². The molecular formula is C17H18N4O2. The summed E-state index contributed by atoms with van der Waals surface area (Å²) in [5, 5.41) is 6.84. The molecule has 1 aromatic heterocycles. The van der Waals surface area contributed by atoms with Crippen LogP contribution in [0.4, 0.5) is 5.69 Å². The minimum absolute atomic E-state index is 0.0880. The largest absolute Gasteiger partial charge is 0.323 e. The van der Waals surface area contributed by atoms with E-state index in [2.05, 4.69) is 10.4 Å². The van der Waals surface area contributed by atoms with Crippen molar-refractivity contribution in [2.45, 2.75) is 19.4 Å². The highest BCUT2D eigenvalue weighted by Gasteiger charge is 2.28. The summed E-state index contributed by atoms with van der Waals surface area (Å²) in [6.07, 6.45) is 7.15. The zero-order valence-corrected chi connectivity index (χ0v) is 13.1. The van der Waals surface area contributed by atoms with Gasteiger partial charge in [-0.05, 0) is 17.2 Å². The van der Waals surface area contributed by atoms with Gasteiger partial charge >= 0.3 is 0 Å². The lowest BCUT2D eigenvalue weighted by Gasteiger charge is -2.32. The Labute approximate surface area is 134 Å². The van der Waals surface area contributed by atoms with Gasteiger partial charge in [0.1, 0.15) is 0 Å². The van der Waals surface area contributed by atoms with Gasteiger partial charge in [0.15, 0.2) is 0 Å². The van der Waals surface area contributed by atoms with Gasteiger partial charge in [0.2, 0.25) is 11.8 Å². The number of amides is 2. The van der Waals surface area contributed by atoms with Crippen molar-refractivity contribution in [3.63, 3.8) is 0 Å². The average Bonchev–Trinajstić information content (AvgIpc) is 2.92. The fourth-order valence-electron chi connectivity index (χ4n) is 2.79. The summed E-state index contributed by atoms with van der Waals surface area (Å²) in [6, 6.07) is 7.50. The Balaban J connectivity index is 1.81. The van der Waals surface area contributed by atoms with Gasteiger partial charge in [-0.2, -0.15) is 5.10 Å². The van der Waals surface area contributed by atoms with Crippen LogP contribution in [0.25, 0.3) is 6.08 Å². The minimum Gasteiger partial charge on any atom is -0.323 e. The van der Waals surface area contributed by atoms with Crippen LogP contribution in [0.15, 0.2) is 42.9 Å². The molecule has 1 aliphatic rings. The summed E-state index contributed by atoms with van der Waals surface area (Å²) >= 11 is 0. The standard InChI is InChI=1S/C17H18N4O2/c1-12(22)21-8-7-13-5-3-4-6-15(13)16(21)9-17(23)19-14-10-18-20(2)11-14/h3-8,10-11,16H,9H2,1-2H3,(H,19,23). The zero-order valence-electron chi connectivity index (χ0n) is 13.1. The molecule has 2 amide bonds. The molecule has 23 heavy (non-hydrogen) atoms. The molecular weight excluding hydrogens is 292 g/mol. The molecule has 1 aromatic carbocycles. The fraction of sp³-hybridized carbons (Fsp3) is 0.235. The molecule has 1 atom stereocenters. The first-order valence-corrected chi connectivity index (χ1v) is 7.39. The number of carbonyl (C=O) groups excluding carboxylic acids is 2. The SMILES string of the molecule is CC(=O)N1C=Cc2ccccc2C1CC(=O)Nc1cnn(C)c1. The second kappa shape index (κ2) is 6.08. The van der Waals surface area contributed by atoms with E-state index in [9.17, 15) is 9.59 Å². The zero-order chi connectivity index (χ0) is 16.4. The number of nitrogens with zero attached hydrogens (tertiary/aromatic N) is 3. The number of nitrogens with one attached hydrogen (secondary N) is 1. The monoisotopic (exact) mass is 310 g/mol. The first kappa shape index (κ1) is 15.0. The number of hydrogen-bond donors (Lipinski definition) is 1. The number of anilines is 1. The number of fused-ring (bicyclic) bond motifs is 1. The topological polar surface area (TPSA) is 67.2 Å². The van der Waals surface area contributed by atoms with Crippen LogP contribution in [-0.4, -0.2) is 26.5 Å². The predicted octanol–water partition coefficient (Wildman–Crippen LogP) is 2.32. The van der Waals surface area contributed by atoms with Gasteiger partial charge < -0.3 is 10.2 Å². The van der Waals surface area contributed by atoms with Crippen molar-refractivity contribution in [1.29, 1.82) is 0 Å². The first-order valence-electron chi connectivity index (χ1n) is 7.39. The highest BCUT2D eigenvalue weighted by atomic mass is 16.2. The maximum absolute atomic E-state index is 12.4. The van der Waals surface area contributed by atoms with E-state index in [0.717, 1.165) is 11.1 Å². The molecule has 1 unspecified atom stereocenters. The summed E-state index contributed by atoms with van der Waals surface area (Å²) in [5.41, 5.74) is 2.65. The van der Waals surface area contributed by atoms with Crippen molar-refractivity contribution < 1.29 is 9.59 Å². The molecule has 0 aliphatic carbocycles. The summed E-state index contributed by atoms with van der Waals surface area (Å²) in [4.78, 5) is 25.9. The molecule has 2 heterocycles. The molecule has 0 bridgehead atoms. The van der Waals surface area contributed by atoms with Gasteiger partial charge in [0.05, 0.1) is 24.3 Å². The third kappa shape index (κ3) is 3.15. The van der Waals surface area contributed by atoms with E-state index in [1.165, 1.54) is 6.92 Å². The fourth-order valence-corrected chi connectivity index (χ4v) is 2.79. The van der Waals surface area contributed by atoms with Crippen LogP contribution >= 0.6 is 0 Å². The Morgan fingerprint density at radius 1 is 1.30 bits per heavy atom. The van der Waals surface area contributed by atoms with E-state index in [1.807, 2.05) is 30.3 Å². The van der Waals surface area contributed by atoms with Crippen LogP contribution in [0.3, 0.4) is 0 Å². The van der Waals surface area contributed by atoms with Gasteiger partial charge in [0.25, 0.3) is 0 Å². The quantitative estimate of drug-likeness (QED) is 0.946. The average molecular weight is 310 g/mol. The molecule has 0 spiro atoms. The van der Waals surface area contributed by atoms with Crippen LogP contribution in [0.2, 0.25) is 0 Å². The smallest absolute Gasteiger partial charge is 0.226 e. The predicted molar refractivity (Wildman–Crippen MR) is 87.2 cm³/mol. The molecule has 1 N–H and O–H groups in total. The van der Waals surface area contributed by atoms with E-state index in [0.29, 0.717) is 5.69 Å². The van der Waals surface area contributed by atoms with Crippen LogP contribution in [0.5, 0.6) is 0 Å². The second-order valence-electron chi connectivity index (χ2n) is 5.54. The Morgan fingerprint density at radius 3 is 2.78 bits per heavy atom. The molecule has 0 radical (unpaired) electrons. The van der Waals surface area contributed by atoms with Crippen LogP contribution in [0.1, 0.15) is 30.5 Å². The molecule has 6 heteroatoms. The Hall–Kier alpha value is -2.89. The Morgan fingerprint density at radius 2 is 2.09 bits per heavy atom. The summed E-state index contributed by atoms with van der Waals surface area (Å²) in [5.74, 6) is -0.241. The molecule has 6 nitrogen and oxygen atoms in total. The Kier molecular flexibility index (Phi) is 3.97. The van der Waals surface area contributed by atoms with Crippen LogP contribution in [-0.2, 0) is 16.6 Å². The molecule has 118 valence electrons. The minimum atomic E-state index is -0.301. The van der Waals surface area contributed by atoms with Crippen molar-refractivity contribution in [2.75, 3.05) is 5.32 Å². The van der Waals surface area contributed by atoms with Crippen LogP contribution in [0, 0.1) is 0 Å². The summed E-state index contributed by atoms with van der Waals surface area (Å²) < 4.78 is 1.62. The van der Waals surface area contributed by atoms with Gasteiger partial charge in [-0.25, -0.2) is 0 Å². The third-order valence-corrected chi connectivity index (χ3v) is 3.84. The molecule has 1 aliphatic heterocycles. The van der Waals surface area contributed by atoms with Crippen LogP contribution < -0.4 is 5.32 Å². The first-order chi connectivity index (χ1) is 11.0. The lowest BCUT2D eigenvalue weighted by molar-refractivity contribution is -0.129. The van der Waals surface area contributed by atoms with E-state index in [4.69, 9.17) is 0 Å². The number of aromatic nitrogens is 2. The number of hydrogen-bond acceptors (Lipinski definition) is 3. The number of carbonyl (C=O) groups is 2. The van der Waals surface area contributed by atoms with Crippen molar-refractivity contribution in [2.24, 2.45) is 7.05 Å². The van der Waals surface area contributed by atoms with Gasteiger partial charge in [-0.15, -0.1) is 0 Å². The number of aryl methyl sites for hydroxylation is 1.